The summed E-state index contributed by atoms with van der Waals surface area (Å²) in [5.74, 6) is -1.53. The van der Waals surface area contributed by atoms with E-state index < -0.39 is 11.8 Å². The monoisotopic (exact) mass is 331 g/mol. The van der Waals surface area contributed by atoms with Crippen LogP contribution in [0.1, 0.15) is 20.7 Å². The Labute approximate surface area is 137 Å². The summed E-state index contributed by atoms with van der Waals surface area (Å²) in [4.78, 5) is 35.0. The first-order valence-electron chi connectivity index (χ1n) is 6.70. The summed E-state index contributed by atoms with van der Waals surface area (Å²) in [5, 5.41) is 5.55. The molecule has 6 nitrogen and oxygen atoms in total. The smallest absolute Gasteiger partial charge is 0.255 e. The molecule has 0 bridgehead atoms. The topological polar surface area (TPSA) is 101 Å². The minimum absolute atomic E-state index is 0.232. The van der Waals surface area contributed by atoms with Crippen LogP contribution in [0.4, 0.5) is 5.69 Å². The van der Waals surface area contributed by atoms with Crippen molar-refractivity contribution in [2.75, 3.05) is 11.9 Å². The van der Waals surface area contributed by atoms with Gasteiger partial charge in [0.1, 0.15) is 0 Å². The minimum Gasteiger partial charge on any atom is -0.368 e. The summed E-state index contributed by atoms with van der Waals surface area (Å²) >= 11 is 5.78. The molecule has 0 saturated carbocycles. The van der Waals surface area contributed by atoms with Crippen molar-refractivity contribution in [1.82, 2.24) is 5.32 Å². The number of benzene rings is 2. The highest BCUT2D eigenvalue weighted by Gasteiger charge is 2.14. The van der Waals surface area contributed by atoms with Crippen LogP contribution in [-0.2, 0) is 4.79 Å². The maximum Gasteiger partial charge on any atom is 0.255 e. The van der Waals surface area contributed by atoms with Gasteiger partial charge in [-0.2, -0.15) is 0 Å². The van der Waals surface area contributed by atoms with E-state index in [0.29, 0.717) is 16.3 Å². The van der Waals surface area contributed by atoms with Crippen LogP contribution >= 0.6 is 11.6 Å². The zero-order valence-electron chi connectivity index (χ0n) is 12.0. The second kappa shape index (κ2) is 7.42. The maximum atomic E-state index is 12.2. The molecule has 2 aromatic rings. The SMILES string of the molecule is NC(=O)CNC(=O)c1ccccc1NC(=O)c1ccc(Cl)cc1. The van der Waals surface area contributed by atoms with Crippen LogP contribution in [0, 0.1) is 0 Å². The van der Waals surface area contributed by atoms with E-state index in [2.05, 4.69) is 10.6 Å². The summed E-state index contributed by atoms with van der Waals surface area (Å²) in [6.07, 6.45) is 0. The second-order valence-electron chi connectivity index (χ2n) is 4.66. The fourth-order valence-electron chi connectivity index (χ4n) is 1.85. The Kier molecular flexibility index (Phi) is 5.32. The number of rotatable bonds is 5. The molecule has 0 saturated heterocycles. The quantitative estimate of drug-likeness (QED) is 0.778. The number of nitrogens with two attached hydrogens (primary N) is 1. The predicted molar refractivity (Wildman–Crippen MR) is 87.4 cm³/mol. The Bertz CT molecular complexity index is 744. The number of carbonyl (C=O) groups excluding carboxylic acids is 3. The van der Waals surface area contributed by atoms with Crippen LogP contribution in [0.15, 0.2) is 48.5 Å². The predicted octanol–water partition coefficient (Wildman–Crippen LogP) is 1.81. The van der Waals surface area contributed by atoms with E-state index >= 15 is 0 Å². The molecule has 118 valence electrons. The highest BCUT2D eigenvalue weighted by molar-refractivity contribution is 6.30. The van der Waals surface area contributed by atoms with Crippen molar-refractivity contribution >= 4 is 35.0 Å². The first-order valence-corrected chi connectivity index (χ1v) is 7.07. The lowest BCUT2D eigenvalue weighted by Crippen LogP contribution is -2.33. The highest BCUT2D eigenvalue weighted by Crippen LogP contribution is 2.17. The average molecular weight is 332 g/mol. The molecule has 0 heterocycles. The fraction of sp³-hybridized carbons (Fsp3) is 0.0625. The van der Waals surface area contributed by atoms with Crippen molar-refractivity contribution in [2.45, 2.75) is 0 Å². The van der Waals surface area contributed by atoms with Crippen molar-refractivity contribution in [2.24, 2.45) is 5.73 Å². The van der Waals surface area contributed by atoms with Gasteiger partial charge in [0.15, 0.2) is 0 Å². The molecule has 0 atom stereocenters. The molecule has 3 amide bonds. The van der Waals surface area contributed by atoms with E-state index in [4.69, 9.17) is 17.3 Å². The summed E-state index contributed by atoms with van der Waals surface area (Å²) in [6, 6.07) is 12.8. The number of para-hydroxylation sites is 1. The molecule has 23 heavy (non-hydrogen) atoms. The molecule has 0 aromatic heterocycles. The summed E-state index contributed by atoms with van der Waals surface area (Å²) < 4.78 is 0. The van der Waals surface area contributed by atoms with Crippen LogP contribution in [-0.4, -0.2) is 24.3 Å². The van der Waals surface area contributed by atoms with Gasteiger partial charge in [0.2, 0.25) is 5.91 Å². The van der Waals surface area contributed by atoms with Gasteiger partial charge in [-0.25, -0.2) is 0 Å². The first kappa shape index (κ1) is 16.5. The van der Waals surface area contributed by atoms with Gasteiger partial charge < -0.3 is 16.4 Å². The van der Waals surface area contributed by atoms with E-state index in [9.17, 15) is 14.4 Å². The van der Waals surface area contributed by atoms with Gasteiger partial charge in [0.25, 0.3) is 11.8 Å². The average Bonchev–Trinajstić information content (AvgIpc) is 2.53. The number of carbonyl (C=O) groups is 3. The van der Waals surface area contributed by atoms with Crippen LogP contribution in [0.25, 0.3) is 0 Å². The van der Waals surface area contributed by atoms with Crippen molar-refractivity contribution < 1.29 is 14.4 Å². The molecular weight excluding hydrogens is 318 g/mol. The number of primary amides is 1. The third-order valence-corrected chi connectivity index (χ3v) is 3.20. The van der Waals surface area contributed by atoms with Gasteiger partial charge in [-0.3, -0.25) is 14.4 Å². The van der Waals surface area contributed by atoms with Crippen LogP contribution in [0.3, 0.4) is 0 Å². The molecule has 0 aliphatic heterocycles. The molecule has 0 aliphatic rings. The summed E-state index contributed by atoms with van der Waals surface area (Å²) in [6.45, 7) is -0.279. The third kappa shape index (κ3) is 4.55. The second-order valence-corrected chi connectivity index (χ2v) is 5.09. The number of halogens is 1. The minimum atomic E-state index is -0.652. The van der Waals surface area contributed by atoms with Crippen molar-refractivity contribution in [3.63, 3.8) is 0 Å². The van der Waals surface area contributed by atoms with Crippen molar-refractivity contribution in [1.29, 1.82) is 0 Å². The van der Waals surface area contributed by atoms with Gasteiger partial charge in [-0.15, -0.1) is 0 Å². The van der Waals surface area contributed by atoms with Crippen LogP contribution < -0.4 is 16.4 Å². The molecule has 0 aliphatic carbocycles. The lowest BCUT2D eigenvalue weighted by atomic mass is 10.1. The Balaban J connectivity index is 2.16. The summed E-state index contributed by atoms with van der Waals surface area (Å²) in [7, 11) is 0. The number of amides is 3. The normalized spacial score (nSPS) is 9.96. The lowest BCUT2D eigenvalue weighted by Gasteiger charge is -2.11. The van der Waals surface area contributed by atoms with E-state index in [1.807, 2.05) is 0 Å². The molecular formula is C16H14ClN3O3. The number of nitrogens with one attached hydrogen (secondary N) is 2. The van der Waals surface area contributed by atoms with E-state index in [0.717, 1.165) is 0 Å². The number of hydrogen-bond acceptors (Lipinski definition) is 3. The van der Waals surface area contributed by atoms with Gasteiger partial charge in [-0.05, 0) is 36.4 Å². The Morgan fingerprint density at radius 1 is 0.957 bits per heavy atom. The van der Waals surface area contributed by atoms with Crippen molar-refractivity contribution in [3.05, 3.63) is 64.7 Å². The molecule has 7 heteroatoms. The number of hydrogen-bond donors (Lipinski definition) is 3. The van der Waals surface area contributed by atoms with E-state index in [1.165, 1.54) is 6.07 Å². The Morgan fingerprint density at radius 3 is 2.26 bits per heavy atom. The lowest BCUT2D eigenvalue weighted by molar-refractivity contribution is -0.117. The molecule has 2 rings (SSSR count). The standard InChI is InChI=1S/C16H14ClN3O3/c17-11-7-5-10(6-8-11)15(22)20-13-4-2-1-3-12(13)16(23)19-9-14(18)21/h1-8H,9H2,(H2,18,21)(H,19,23)(H,20,22). The molecule has 2 aromatic carbocycles. The van der Waals surface area contributed by atoms with Crippen molar-refractivity contribution in [3.8, 4) is 0 Å². The van der Waals surface area contributed by atoms with Gasteiger partial charge in [-0.1, -0.05) is 23.7 Å². The molecule has 0 radical (unpaired) electrons. The van der Waals surface area contributed by atoms with Gasteiger partial charge in [0.05, 0.1) is 17.8 Å². The summed E-state index contributed by atoms with van der Waals surface area (Å²) in [5.41, 5.74) is 5.96. The first-order chi connectivity index (χ1) is 11.0. The third-order valence-electron chi connectivity index (χ3n) is 2.95. The van der Waals surface area contributed by atoms with E-state index in [-0.39, 0.29) is 18.0 Å². The Hall–Kier alpha value is -2.86. The zero-order valence-corrected chi connectivity index (χ0v) is 12.8. The molecule has 0 fully saturated rings. The molecule has 0 unspecified atom stereocenters. The van der Waals surface area contributed by atoms with Gasteiger partial charge in [0, 0.05) is 10.6 Å². The Morgan fingerprint density at radius 2 is 1.61 bits per heavy atom. The molecule has 4 N–H and O–H groups in total. The maximum absolute atomic E-state index is 12.2. The zero-order chi connectivity index (χ0) is 16.8. The van der Waals surface area contributed by atoms with Crippen LogP contribution in [0.5, 0.6) is 0 Å². The fourth-order valence-corrected chi connectivity index (χ4v) is 1.97. The number of anilines is 1. The van der Waals surface area contributed by atoms with E-state index in [1.54, 1.807) is 42.5 Å². The molecule has 0 spiro atoms. The highest BCUT2D eigenvalue weighted by atomic mass is 35.5. The van der Waals surface area contributed by atoms with Gasteiger partial charge >= 0.3 is 0 Å². The largest absolute Gasteiger partial charge is 0.368 e. The van der Waals surface area contributed by atoms with Crippen LogP contribution in [0.2, 0.25) is 5.02 Å².